The van der Waals surface area contributed by atoms with Crippen molar-refractivity contribution in [2.75, 3.05) is 13.1 Å². The maximum Gasteiger partial charge on any atom is 0.166 e. The first-order valence-electron chi connectivity index (χ1n) is 9.20. The van der Waals surface area contributed by atoms with Gasteiger partial charge in [0.15, 0.2) is 5.78 Å². The van der Waals surface area contributed by atoms with Gasteiger partial charge in [-0.15, -0.1) is 0 Å². The number of hydrogen-bond acceptors (Lipinski definition) is 3. The van der Waals surface area contributed by atoms with Gasteiger partial charge in [0.2, 0.25) is 0 Å². The van der Waals surface area contributed by atoms with Crippen LogP contribution in [0.3, 0.4) is 0 Å². The molecule has 1 fully saturated rings. The molecule has 0 atom stereocenters. The molecule has 0 aliphatic carbocycles. The molecular formula is C22H23N3O. The van der Waals surface area contributed by atoms with E-state index in [1.54, 1.807) is 0 Å². The second-order valence-electron chi connectivity index (χ2n) is 6.91. The van der Waals surface area contributed by atoms with Crippen LogP contribution in [0.1, 0.15) is 28.8 Å². The van der Waals surface area contributed by atoms with Gasteiger partial charge in [0.1, 0.15) is 0 Å². The van der Waals surface area contributed by atoms with E-state index in [2.05, 4.69) is 28.3 Å². The van der Waals surface area contributed by atoms with Crippen LogP contribution in [0.2, 0.25) is 0 Å². The van der Waals surface area contributed by atoms with Crippen molar-refractivity contribution in [3.63, 3.8) is 0 Å². The standard InChI is InChI=1S/C22H23N3O/c26-22(19-7-3-1-4-8-19)20-11-13-24(14-12-20)16-18-15-23-25(17-18)21-9-5-2-6-10-21/h1-10,15,17,20H,11-14,16H2. The molecule has 3 aromatic rings. The lowest BCUT2D eigenvalue weighted by Crippen LogP contribution is -2.35. The Labute approximate surface area is 154 Å². The third-order valence-corrected chi connectivity index (χ3v) is 5.08. The number of likely N-dealkylation sites (tertiary alicyclic amines) is 1. The quantitative estimate of drug-likeness (QED) is 0.657. The Balaban J connectivity index is 1.33. The first-order chi connectivity index (χ1) is 12.8. The van der Waals surface area contributed by atoms with Crippen LogP contribution in [0, 0.1) is 5.92 Å². The number of carbonyl (C=O) groups excluding carboxylic acids is 1. The molecule has 1 aromatic heterocycles. The second-order valence-corrected chi connectivity index (χ2v) is 6.91. The van der Waals surface area contributed by atoms with Crippen LogP contribution in [0.4, 0.5) is 0 Å². The smallest absolute Gasteiger partial charge is 0.166 e. The fourth-order valence-corrected chi connectivity index (χ4v) is 3.61. The highest BCUT2D eigenvalue weighted by Crippen LogP contribution is 2.23. The van der Waals surface area contributed by atoms with Crippen molar-refractivity contribution >= 4 is 5.78 Å². The second kappa shape index (κ2) is 7.67. The van der Waals surface area contributed by atoms with Crippen LogP contribution < -0.4 is 0 Å². The van der Waals surface area contributed by atoms with E-state index in [9.17, 15) is 4.79 Å². The van der Waals surface area contributed by atoms with Crippen molar-refractivity contribution in [2.24, 2.45) is 5.92 Å². The fourth-order valence-electron chi connectivity index (χ4n) is 3.61. The Morgan fingerprint density at radius 1 is 0.962 bits per heavy atom. The summed E-state index contributed by atoms with van der Waals surface area (Å²) in [6, 6.07) is 19.8. The van der Waals surface area contributed by atoms with E-state index in [0.29, 0.717) is 5.78 Å². The van der Waals surface area contributed by atoms with E-state index in [4.69, 9.17) is 0 Å². The molecule has 1 aliphatic rings. The lowest BCUT2D eigenvalue weighted by molar-refractivity contribution is 0.0835. The van der Waals surface area contributed by atoms with Gasteiger partial charge in [0, 0.05) is 29.8 Å². The van der Waals surface area contributed by atoms with E-state index >= 15 is 0 Å². The molecule has 0 spiro atoms. The molecule has 0 unspecified atom stereocenters. The predicted octanol–water partition coefficient (Wildman–Crippen LogP) is 3.97. The van der Waals surface area contributed by atoms with Gasteiger partial charge >= 0.3 is 0 Å². The zero-order chi connectivity index (χ0) is 17.8. The van der Waals surface area contributed by atoms with Crippen LogP contribution in [-0.2, 0) is 6.54 Å². The van der Waals surface area contributed by atoms with E-state index in [1.165, 1.54) is 5.56 Å². The molecule has 0 bridgehead atoms. The molecular weight excluding hydrogens is 322 g/mol. The summed E-state index contributed by atoms with van der Waals surface area (Å²) in [6.07, 6.45) is 5.89. The van der Waals surface area contributed by atoms with Crippen molar-refractivity contribution in [1.29, 1.82) is 0 Å². The highest BCUT2D eigenvalue weighted by Gasteiger charge is 2.25. The molecule has 26 heavy (non-hydrogen) atoms. The van der Waals surface area contributed by atoms with Gasteiger partial charge in [-0.05, 0) is 38.1 Å². The van der Waals surface area contributed by atoms with Crippen molar-refractivity contribution in [3.05, 3.63) is 84.2 Å². The Morgan fingerprint density at radius 3 is 2.31 bits per heavy atom. The normalized spacial score (nSPS) is 15.8. The molecule has 4 heteroatoms. The maximum absolute atomic E-state index is 12.6. The molecule has 2 aromatic carbocycles. The van der Waals surface area contributed by atoms with E-state index in [0.717, 1.165) is 43.7 Å². The highest BCUT2D eigenvalue weighted by molar-refractivity contribution is 5.97. The Bertz CT molecular complexity index is 849. The summed E-state index contributed by atoms with van der Waals surface area (Å²) >= 11 is 0. The number of benzene rings is 2. The van der Waals surface area contributed by atoms with Gasteiger partial charge in [-0.1, -0.05) is 48.5 Å². The van der Waals surface area contributed by atoms with Gasteiger partial charge in [-0.2, -0.15) is 5.10 Å². The van der Waals surface area contributed by atoms with Crippen molar-refractivity contribution in [3.8, 4) is 5.69 Å². The molecule has 0 amide bonds. The number of rotatable bonds is 5. The van der Waals surface area contributed by atoms with Crippen molar-refractivity contribution < 1.29 is 4.79 Å². The summed E-state index contributed by atoms with van der Waals surface area (Å²) in [7, 11) is 0. The van der Waals surface area contributed by atoms with Crippen LogP contribution in [-0.4, -0.2) is 33.6 Å². The molecule has 1 aliphatic heterocycles. The first-order valence-corrected chi connectivity index (χ1v) is 9.20. The molecule has 0 saturated carbocycles. The zero-order valence-electron chi connectivity index (χ0n) is 14.8. The van der Waals surface area contributed by atoms with Crippen LogP contribution in [0.5, 0.6) is 0 Å². The molecule has 2 heterocycles. The maximum atomic E-state index is 12.6. The lowest BCUT2D eigenvalue weighted by atomic mass is 9.89. The topological polar surface area (TPSA) is 38.1 Å². The molecule has 4 rings (SSSR count). The number of aromatic nitrogens is 2. The Hall–Kier alpha value is -2.72. The molecule has 1 saturated heterocycles. The van der Waals surface area contributed by atoms with Gasteiger partial charge < -0.3 is 0 Å². The van der Waals surface area contributed by atoms with Crippen LogP contribution in [0.15, 0.2) is 73.1 Å². The summed E-state index contributed by atoms with van der Waals surface area (Å²) in [4.78, 5) is 15.0. The average molecular weight is 345 g/mol. The third-order valence-electron chi connectivity index (χ3n) is 5.08. The lowest BCUT2D eigenvalue weighted by Gasteiger charge is -2.30. The minimum atomic E-state index is 0.153. The van der Waals surface area contributed by atoms with Gasteiger partial charge in [0.05, 0.1) is 11.9 Å². The van der Waals surface area contributed by atoms with E-state index in [1.807, 2.05) is 59.4 Å². The summed E-state index contributed by atoms with van der Waals surface area (Å²) in [5.74, 6) is 0.447. The number of Topliss-reactive ketones (excluding diaryl/α,β-unsaturated/α-hetero) is 1. The Kier molecular flexibility index (Phi) is 4.93. The zero-order valence-corrected chi connectivity index (χ0v) is 14.8. The number of carbonyl (C=O) groups is 1. The number of ketones is 1. The van der Waals surface area contributed by atoms with Gasteiger partial charge in [-0.25, -0.2) is 4.68 Å². The number of hydrogen-bond donors (Lipinski definition) is 0. The molecule has 0 N–H and O–H groups in total. The monoisotopic (exact) mass is 345 g/mol. The SMILES string of the molecule is O=C(c1ccccc1)C1CCN(Cc2cnn(-c3ccccc3)c2)CC1. The van der Waals surface area contributed by atoms with Crippen molar-refractivity contribution in [2.45, 2.75) is 19.4 Å². The fraction of sp³-hybridized carbons (Fsp3) is 0.273. The third kappa shape index (κ3) is 3.75. The van der Waals surface area contributed by atoms with Crippen molar-refractivity contribution in [1.82, 2.24) is 14.7 Å². The summed E-state index contributed by atoms with van der Waals surface area (Å²) in [5, 5.41) is 4.47. The predicted molar refractivity (Wildman–Crippen MR) is 102 cm³/mol. The number of piperidine rings is 1. The Morgan fingerprint density at radius 2 is 1.62 bits per heavy atom. The van der Waals surface area contributed by atoms with Crippen LogP contribution in [0.25, 0.3) is 5.69 Å². The van der Waals surface area contributed by atoms with Gasteiger partial charge in [0.25, 0.3) is 0 Å². The molecule has 0 radical (unpaired) electrons. The van der Waals surface area contributed by atoms with Gasteiger partial charge in [-0.3, -0.25) is 9.69 Å². The average Bonchev–Trinajstić information content (AvgIpc) is 3.18. The number of para-hydroxylation sites is 1. The highest BCUT2D eigenvalue weighted by atomic mass is 16.1. The summed E-state index contributed by atoms with van der Waals surface area (Å²) in [6.45, 7) is 2.80. The summed E-state index contributed by atoms with van der Waals surface area (Å²) < 4.78 is 1.92. The minimum absolute atomic E-state index is 0.153. The summed E-state index contributed by atoms with van der Waals surface area (Å²) in [5.41, 5.74) is 3.13. The van der Waals surface area contributed by atoms with E-state index in [-0.39, 0.29) is 5.92 Å². The van der Waals surface area contributed by atoms with Crippen LogP contribution >= 0.6 is 0 Å². The molecule has 4 nitrogen and oxygen atoms in total. The molecule has 132 valence electrons. The minimum Gasteiger partial charge on any atom is -0.299 e. The first kappa shape index (κ1) is 16.7. The van der Waals surface area contributed by atoms with E-state index < -0.39 is 0 Å². The largest absolute Gasteiger partial charge is 0.299 e. The number of nitrogens with zero attached hydrogens (tertiary/aromatic N) is 3.